The van der Waals surface area contributed by atoms with E-state index in [1.165, 1.54) is 11.1 Å². The van der Waals surface area contributed by atoms with Gasteiger partial charge in [-0.15, -0.1) is 0 Å². The number of rotatable bonds is 13. The number of benzene rings is 5. The Morgan fingerprint density at radius 2 is 1.23 bits per heavy atom. The molecule has 0 fully saturated rings. The number of halogens is 1. The minimum atomic E-state index is -0.779. The molecule has 6 N–H and O–H groups in total. The SMILES string of the molecule is Cc1ccc(C(NCNc2nc(NCCc3ccc(N)cc3)nc(Nc3ccccc3)n2)(c2ccccc2)c2ccccc2Cl)cc1. The van der Waals surface area contributed by atoms with E-state index in [0.29, 0.717) is 36.1 Å². The second-order valence-electron chi connectivity index (χ2n) is 11.2. The van der Waals surface area contributed by atoms with Crippen LogP contribution < -0.4 is 27.0 Å². The maximum atomic E-state index is 6.94. The molecule has 9 heteroatoms. The summed E-state index contributed by atoms with van der Waals surface area (Å²) in [7, 11) is 0. The van der Waals surface area contributed by atoms with Gasteiger partial charge < -0.3 is 21.7 Å². The molecule has 0 radical (unpaired) electrons. The third kappa shape index (κ3) is 7.69. The van der Waals surface area contributed by atoms with Gasteiger partial charge >= 0.3 is 0 Å². The predicted molar refractivity (Wildman–Crippen MR) is 193 cm³/mol. The van der Waals surface area contributed by atoms with E-state index in [-0.39, 0.29) is 0 Å². The zero-order chi connectivity index (χ0) is 32.5. The fourth-order valence-corrected chi connectivity index (χ4v) is 5.81. The summed E-state index contributed by atoms with van der Waals surface area (Å²) >= 11 is 6.94. The molecule has 0 saturated carbocycles. The summed E-state index contributed by atoms with van der Waals surface area (Å²) in [6.07, 6.45) is 0.783. The Kier molecular flexibility index (Phi) is 9.91. The molecule has 0 amide bonds. The first-order valence-electron chi connectivity index (χ1n) is 15.5. The van der Waals surface area contributed by atoms with Crippen LogP contribution in [0.15, 0.2) is 133 Å². The summed E-state index contributed by atoms with van der Waals surface area (Å²) in [6.45, 7) is 3.03. The van der Waals surface area contributed by atoms with Crippen LogP contribution in [-0.4, -0.2) is 28.2 Å². The molecule has 0 aliphatic carbocycles. The van der Waals surface area contributed by atoms with Crippen molar-refractivity contribution >= 4 is 40.8 Å². The lowest BCUT2D eigenvalue weighted by Gasteiger charge is -2.37. The molecule has 0 bridgehead atoms. The second-order valence-corrected chi connectivity index (χ2v) is 11.6. The van der Waals surface area contributed by atoms with Crippen molar-refractivity contribution in [1.82, 2.24) is 20.3 Å². The van der Waals surface area contributed by atoms with Crippen molar-refractivity contribution in [1.29, 1.82) is 0 Å². The number of hydrogen-bond acceptors (Lipinski definition) is 8. The highest BCUT2D eigenvalue weighted by molar-refractivity contribution is 6.31. The molecule has 1 heterocycles. The molecule has 5 aromatic carbocycles. The van der Waals surface area contributed by atoms with Gasteiger partial charge in [0.25, 0.3) is 0 Å². The number of nitrogen functional groups attached to an aromatic ring is 1. The van der Waals surface area contributed by atoms with E-state index in [2.05, 4.69) is 75.6 Å². The average Bonchev–Trinajstić information content (AvgIpc) is 3.09. The maximum Gasteiger partial charge on any atom is 0.233 e. The van der Waals surface area contributed by atoms with Crippen LogP contribution in [0.25, 0.3) is 0 Å². The third-order valence-corrected chi connectivity index (χ3v) is 8.24. The van der Waals surface area contributed by atoms with Gasteiger partial charge in [0.2, 0.25) is 17.8 Å². The Hall–Kier alpha value is -5.44. The number of aryl methyl sites for hydroxylation is 1. The number of para-hydroxylation sites is 1. The summed E-state index contributed by atoms with van der Waals surface area (Å²) in [5.41, 5.74) is 12.1. The number of nitrogens with one attached hydrogen (secondary N) is 4. The molecular formula is C38H37ClN8. The van der Waals surface area contributed by atoms with Gasteiger partial charge in [0, 0.05) is 22.9 Å². The minimum absolute atomic E-state index is 0.313. The molecule has 236 valence electrons. The van der Waals surface area contributed by atoms with Crippen LogP contribution in [0.3, 0.4) is 0 Å². The van der Waals surface area contributed by atoms with E-state index in [9.17, 15) is 0 Å². The monoisotopic (exact) mass is 640 g/mol. The predicted octanol–water partition coefficient (Wildman–Crippen LogP) is 7.76. The van der Waals surface area contributed by atoms with Crippen LogP contribution >= 0.6 is 11.6 Å². The minimum Gasteiger partial charge on any atom is -0.399 e. The quantitative estimate of drug-likeness (QED) is 0.0494. The highest BCUT2D eigenvalue weighted by Crippen LogP contribution is 2.40. The molecule has 6 rings (SSSR count). The summed E-state index contributed by atoms with van der Waals surface area (Å²) in [4.78, 5) is 14.1. The zero-order valence-corrected chi connectivity index (χ0v) is 26.9. The van der Waals surface area contributed by atoms with E-state index >= 15 is 0 Å². The van der Waals surface area contributed by atoms with E-state index in [0.717, 1.165) is 34.5 Å². The van der Waals surface area contributed by atoms with E-state index in [4.69, 9.17) is 27.3 Å². The Morgan fingerprint density at radius 1 is 0.638 bits per heavy atom. The summed E-state index contributed by atoms with van der Waals surface area (Å²) < 4.78 is 0. The third-order valence-electron chi connectivity index (χ3n) is 7.91. The van der Waals surface area contributed by atoms with Crippen LogP contribution in [0.1, 0.15) is 27.8 Å². The first-order valence-corrected chi connectivity index (χ1v) is 15.9. The Bertz CT molecular complexity index is 1880. The molecule has 0 aliphatic heterocycles. The van der Waals surface area contributed by atoms with Crippen LogP contribution in [0.5, 0.6) is 0 Å². The highest BCUT2D eigenvalue weighted by Gasteiger charge is 2.37. The smallest absolute Gasteiger partial charge is 0.233 e. The lowest BCUT2D eigenvalue weighted by Crippen LogP contribution is -2.47. The van der Waals surface area contributed by atoms with Gasteiger partial charge in [-0.1, -0.05) is 120 Å². The summed E-state index contributed by atoms with van der Waals surface area (Å²) in [6, 6.07) is 44.5. The molecule has 6 aromatic rings. The van der Waals surface area contributed by atoms with Gasteiger partial charge in [0.1, 0.15) is 0 Å². The van der Waals surface area contributed by atoms with Crippen LogP contribution in [0.2, 0.25) is 5.02 Å². The van der Waals surface area contributed by atoms with E-state index in [1.54, 1.807) is 0 Å². The first kappa shape index (κ1) is 31.5. The number of nitrogens with two attached hydrogens (primary N) is 1. The molecule has 0 saturated heterocycles. The summed E-state index contributed by atoms with van der Waals surface area (Å²) in [5.74, 6) is 1.28. The van der Waals surface area contributed by atoms with Crippen molar-refractivity contribution in [3.8, 4) is 0 Å². The highest BCUT2D eigenvalue weighted by atomic mass is 35.5. The van der Waals surface area contributed by atoms with Gasteiger partial charge in [-0.2, -0.15) is 15.0 Å². The maximum absolute atomic E-state index is 6.94. The topological polar surface area (TPSA) is 113 Å². The van der Waals surface area contributed by atoms with Gasteiger partial charge in [0.05, 0.1) is 12.2 Å². The number of nitrogens with zero attached hydrogens (tertiary/aromatic N) is 3. The van der Waals surface area contributed by atoms with Crippen LogP contribution in [-0.2, 0) is 12.0 Å². The fraction of sp³-hybridized carbons (Fsp3) is 0.132. The van der Waals surface area contributed by atoms with Gasteiger partial charge in [0.15, 0.2) is 0 Å². The van der Waals surface area contributed by atoms with E-state index < -0.39 is 5.54 Å². The molecule has 8 nitrogen and oxygen atoms in total. The lowest BCUT2D eigenvalue weighted by molar-refractivity contribution is 0.491. The Morgan fingerprint density at radius 3 is 1.94 bits per heavy atom. The zero-order valence-electron chi connectivity index (χ0n) is 26.1. The molecule has 1 aromatic heterocycles. The van der Waals surface area contributed by atoms with Crippen LogP contribution in [0, 0.1) is 6.92 Å². The summed E-state index contributed by atoms with van der Waals surface area (Å²) in [5, 5.41) is 14.5. The Labute approximate surface area is 280 Å². The van der Waals surface area contributed by atoms with Crippen molar-refractivity contribution in [2.24, 2.45) is 0 Å². The molecular weight excluding hydrogens is 604 g/mol. The van der Waals surface area contributed by atoms with Crippen molar-refractivity contribution in [3.05, 3.63) is 166 Å². The van der Waals surface area contributed by atoms with Gasteiger partial charge in [-0.05, 0) is 65.9 Å². The lowest BCUT2D eigenvalue weighted by atomic mass is 9.77. The fourth-order valence-electron chi connectivity index (χ4n) is 5.53. The normalized spacial score (nSPS) is 12.2. The molecule has 1 atom stereocenters. The number of aromatic nitrogens is 3. The number of hydrogen-bond donors (Lipinski definition) is 5. The molecule has 0 spiro atoms. The Balaban J connectivity index is 1.30. The van der Waals surface area contributed by atoms with Crippen molar-refractivity contribution in [3.63, 3.8) is 0 Å². The molecule has 1 unspecified atom stereocenters. The van der Waals surface area contributed by atoms with Crippen molar-refractivity contribution < 1.29 is 0 Å². The van der Waals surface area contributed by atoms with Crippen molar-refractivity contribution in [2.45, 2.75) is 18.9 Å². The standard InChI is InChI=1S/C38H37ClN8/c1-27-16-20-30(21-17-27)38(29-10-4-2-5-11-29,33-14-8-9-15-34(33)39)43-26-42-36-45-35(41-25-24-28-18-22-31(40)23-19-28)46-37(47-36)44-32-12-6-3-7-13-32/h2-23,43H,24-26,40H2,1H3,(H3,41,42,44,45,46,47). The molecule has 0 aliphatic rings. The number of anilines is 5. The first-order chi connectivity index (χ1) is 23.0. The van der Waals surface area contributed by atoms with Crippen LogP contribution in [0.4, 0.5) is 29.2 Å². The van der Waals surface area contributed by atoms with E-state index in [1.807, 2.05) is 91.0 Å². The molecule has 47 heavy (non-hydrogen) atoms. The van der Waals surface area contributed by atoms with Gasteiger partial charge in [-0.3, -0.25) is 5.32 Å². The largest absolute Gasteiger partial charge is 0.399 e. The second kappa shape index (κ2) is 14.8. The average molecular weight is 641 g/mol. The van der Waals surface area contributed by atoms with Crippen molar-refractivity contribution in [2.75, 3.05) is 34.9 Å². The van der Waals surface area contributed by atoms with Gasteiger partial charge in [-0.25, -0.2) is 0 Å².